The van der Waals surface area contributed by atoms with Crippen molar-refractivity contribution in [2.75, 3.05) is 0 Å². The summed E-state index contributed by atoms with van der Waals surface area (Å²) in [5.74, 6) is -0.598. The van der Waals surface area contributed by atoms with E-state index >= 15 is 0 Å². The van der Waals surface area contributed by atoms with Crippen LogP contribution in [0, 0.1) is 10.1 Å². The van der Waals surface area contributed by atoms with Crippen molar-refractivity contribution in [2.45, 2.75) is 19.9 Å². The zero-order valence-electron chi connectivity index (χ0n) is 13.0. The molecule has 0 atom stereocenters. The largest absolute Gasteiger partial charge is 0.316 e. The molecular formula is C17H15N3O3S. The Bertz CT molecular complexity index is 988. The fourth-order valence-electron chi connectivity index (χ4n) is 2.51. The third-order valence-corrected chi connectivity index (χ3v) is 4.62. The third kappa shape index (κ3) is 2.98. The second-order valence-corrected chi connectivity index (χ2v) is 6.20. The lowest BCUT2D eigenvalue weighted by atomic mass is 10.2. The first-order chi connectivity index (χ1) is 11.6. The molecule has 3 rings (SSSR count). The summed E-state index contributed by atoms with van der Waals surface area (Å²) in [7, 11) is 0. The van der Waals surface area contributed by atoms with Crippen molar-refractivity contribution in [3.05, 3.63) is 69.0 Å². The van der Waals surface area contributed by atoms with Gasteiger partial charge in [-0.15, -0.1) is 0 Å². The Kier molecular flexibility index (Phi) is 4.52. The van der Waals surface area contributed by atoms with Gasteiger partial charge in [-0.3, -0.25) is 14.9 Å². The number of para-hydroxylation sites is 2. The highest BCUT2D eigenvalue weighted by atomic mass is 32.1. The minimum Gasteiger partial charge on any atom is -0.316 e. The van der Waals surface area contributed by atoms with Gasteiger partial charge in [-0.25, -0.2) is 0 Å². The molecule has 0 aliphatic heterocycles. The van der Waals surface area contributed by atoms with E-state index in [1.165, 1.54) is 29.5 Å². The Balaban J connectivity index is 2.15. The molecule has 0 unspecified atom stereocenters. The fourth-order valence-corrected chi connectivity index (χ4v) is 3.56. The Hall–Kier alpha value is -2.80. The van der Waals surface area contributed by atoms with Crippen molar-refractivity contribution in [2.24, 2.45) is 4.99 Å². The standard InChI is InChI=1S/C17H15N3O3S/c1-2-11-19-14-9-5-6-10-15(14)24-17(19)18-16(21)12-7-3-4-8-13(12)20(22)23/h3-10H,2,11H2,1H3. The van der Waals surface area contributed by atoms with E-state index < -0.39 is 10.8 Å². The normalized spacial score (nSPS) is 11.8. The molecule has 1 amide bonds. The zero-order chi connectivity index (χ0) is 17.1. The van der Waals surface area contributed by atoms with Crippen LogP contribution < -0.4 is 4.80 Å². The van der Waals surface area contributed by atoms with Crippen molar-refractivity contribution in [1.82, 2.24) is 4.57 Å². The highest BCUT2D eigenvalue weighted by Gasteiger charge is 2.19. The van der Waals surface area contributed by atoms with Crippen LogP contribution in [-0.4, -0.2) is 15.4 Å². The molecule has 3 aromatic rings. The topological polar surface area (TPSA) is 77.5 Å². The first kappa shape index (κ1) is 16.1. The Morgan fingerprint density at radius 1 is 1.21 bits per heavy atom. The highest BCUT2D eigenvalue weighted by Crippen LogP contribution is 2.20. The van der Waals surface area contributed by atoms with E-state index in [9.17, 15) is 14.9 Å². The Morgan fingerprint density at radius 2 is 1.92 bits per heavy atom. The molecule has 2 aromatic carbocycles. The second-order valence-electron chi connectivity index (χ2n) is 5.20. The lowest BCUT2D eigenvalue weighted by Crippen LogP contribution is -2.17. The van der Waals surface area contributed by atoms with Crippen molar-refractivity contribution in [3.8, 4) is 0 Å². The molecule has 0 saturated heterocycles. The quantitative estimate of drug-likeness (QED) is 0.535. The predicted molar refractivity (Wildman–Crippen MR) is 93.1 cm³/mol. The monoisotopic (exact) mass is 341 g/mol. The van der Waals surface area contributed by atoms with Crippen LogP contribution in [0.5, 0.6) is 0 Å². The van der Waals surface area contributed by atoms with Gasteiger partial charge in [0.05, 0.1) is 15.1 Å². The minimum atomic E-state index is -0.598. The summed E-state index contributed by atoms with van der Waals surface area (Å²) < 4.78 is 3.01. The predicted octanol–water partition coefficient (Wildman–Crippen LogP) is 3.76. The Morgan fingerprint density at radius 3 is 2.67 bits per heavy atom. The molecule has 1 heterocycles. The number of aromatic nitrogens is 1. The third-order valence-electron chi connectivity index (χ3n) is 3.56. The van der Waals surface area contributed by atoms with E-state index in [0.29, 0.717) is 4.80 Å². The number of nitro benzene ring substituents is 1. The number of rotatable bonds is 4. The maximum Gasteiger partial charge on any atom is 0.286 e. The number of aryl methyl sites for hydroxylation is 1. The van der Waals surface area contributed by atoms with Gasteiger partial charge in [0.1, 0.15) is 5.56 Å². The maximum atomic E-state index is 12.5. The summed E-state index contributed by atoms with van der Waals surface area (Å²) in [5, 5.41) is 11.1. The number of hydrogen-bond donors (Lipinski definition) is 0. The van der Waals surface area contributed by atoms with Crippen LogP contribution in [0.15, 0.2) is 53.5 Å². The maximum absolute atomic E-state index is 12.5. The Labute approximate surface area is 141 Å². The van der Waals surface area contributed by atoms with Crippen LogP contribution in [0.1, 0.15) is 23.7 Å². The molecular weight excluding hydrogens is 326 g/mol. The van der Waals surface area contributed by atoms with Gasteiger partial charge in [0, 0.05) is 12.6 Å². The molecule has 0 bridgehead atoms. The van der Waals surface area contributed by atoms with Crippen molar-refractivity contribution in [1.29, 1.82) is 0 Å². The average Bonchev–Trinajstić information content (AvgIpc) is 2.93. The number of nitrogens with zero attached hydrogens (tertiary/aromatic N) is 3. The van der Waals surface area contributed by atoms with Crippen LogP contribution >= 0.6 is 11.3 Å². The number of carbonyl (C=O) groups is 1. The van der Waals surface area contributed by atoms with Gasteiger partial charge in [0.2, 0.25) is 0 Å². The summed E-state index contributed by atoms with van der Waals surface area (Å²) in [6.07, 6.45) is 0.896. The van der Waals surface area contributed by atoms with Gasteiger partial charge in [0.15, 0.2) is 4.80 Å². The molecule has 0 radical (unpaired) electrons. The van der Waals surface area contributed by atoms with Gasteiger partial charge in [0.25, 0.3) is 11.6 Å². The summed E-state index contributed by atoms with van der Waals surface area (Å²) in [6.45, 7) is 2.78. The molecule has 7 heteroatoms. The first-order valence-corrected chi connectivity index (χ1v) is 8.34. The summed E-state index contributed by atoms with van der Waals surface area (Å²) in [4.78, 5) is 27.8. The fraction of sp³-hybridized carbons (Fsp3) is 0.176. The molecule has 122 valence electrons. The van der Waals surface area contributed by atoms with E-state index in [1.807, 2.05) is 35.8 Å². The average molecular weight is 341 g/mol. The van der Waals surface area contributed by atoms with Gasteiger partial charge < -0.3 is 4.57 Å². The number of amides is 1. The van der Waals surface area contributed by atoms with E-state index in [2.05, 4.69) is 4.99 Å². The molecule has 0 spiro atoms. The van der Waals surface area contributed by atoms with Crippen LogP contribution in [0.3, 0.4) is 0 Å². The summed E-state index contributed by atoms with van der Waals surface area (Å²) in [5.41, 5.74) is 0.788. The number of carbonyl (C=O) groups excluding carboxylic acids is 1. The van der Waals surface area contributed by atoms with E-state index in [4.69, 9.17) is 0 Å². The summed E-state index contributed by atoms with van der Waals surface area (Å²) >= 11 is 1.41. The van der Waals surface area contributed by atoms with E-state index in [1.54, 1.807) is 6.07 Å². The molecule has 0 aliphatic rings. The number of thiazole rings is 1. The van der Waals surface area contributed by atoms with Gasteiger partial charge in [-0.2, -0.15) is 4.99 Å². The number of hydrogen-bond acceptors (Lipinski definition) is 4. The van der Waals surface area contributed by atoms with E-state index in [-0.39, 0.29) is 11.3 Å². The second kappa shape index (κ2) is 6.76. The summed E-state index contributed by atoms with van der Waals surface area (Å²) in [6, 6.07) is 13.7. The first-order valence-electron chi connectivity index (χ1n) is 7.52. The SMILES string of the molecule is CCCn1c(=NC(=O)c2ccccc2[N+](=O)[O-])sc2ccccc21. The van der Waals surface area contributed by atoms with Crippen molar-refractivity contribution >= 4 is 33.1 Å². The lowest BCUT2D eigenvalue weighted by molar-refractivity contribution is -0.385. The lowest BCUT2D eigenvalue weighted by Gasteiger charge is -2.02. The molecule has 0 fully saturated rings. The number of benzene rings is 2. The zero-order valence-corrected chi connectivity index (χ0v) is 13.8. The van der Waals surface area contributed by atoms with Crippen LogP contribution in [-0.2, 0) is 6.54 Å². The molecule has 0 N–H and O–H groups in total. The van der Waals surface area contributed by atoms with Crippen molar-refractivity contribution in [3.63, 3.8) is 0 Å². The molecule has 6 nitrogen and oxygen atoms in total. The van der Waals surface area contributed by atoms with Gasteiger partial charge >= 0.3 is 0 Å². The number of nitro groups is 1. The smallest absolute Gasteiger partial charge is 0.286 e. The minimum absolute atomic E-state index is 0.00278. The van der Waals surface area contributed by atoms with Gasteiger partial charge in [-0.05, 0) is 24.6 Å². The molecule has 0 saturated carbocycles. The van der Waals surface area contributed by atoms with Crippen LogP contribution in [0.2, 0.25) is 0 Å². The number of fused-ring (bicyclic) bond motifs is 1. The van der Waals surface area contributed by atoms with Crippen LogP contribution in [0.4, 0.5) is 5.69 Å². The molecule has 24 heavy (non-hydrogen) atoms. The van der Waals surface area contributed by atoms with Crippen molar-refractivity contribution < 1.29 is 9.72 Å². The van der Waals surface area contributed by atoms with Crippen LogP contribution in [0.25, 0.3) is 10.2 Å². The van der Waals surface area contributed by atoms with E-state index in [0.717, 1.165) is 23.2 Å². The molecule has 1 aromatic heterocycles. The van der Waals surface area contributed by atoms with Gasteiger partial charge in [-0.1, -0.05) is 42.5 Å². The highest BCUT2D eigenvalue weighted by molar-refractivity contribution is 7.16. The molecule has 0 aliphatic carbocycles.